The summed E-state index contributed by atoms with van der Waals surface area (Å²) in [6, 6.07) is 0. The van der Waals surface area contributed by atoms with Gasteiger partial charge in [0.05, 0.1) is 0 Å². The predicted octanol–water partition coefficient (Wildman–Crippen LogP) is 1.83. The van der Waals surface area contributed by atoms with E-state index in [2.05, 4.69) is 38.7 Å². The van der Waals surface area contributed by atoms with Crippen LogP contribution in [0.1, 0.15) is 24.6 Å². The molecule has 0 spiro atoms. The molecule has 1 aromatic heterocycles. The van der Waals surface area contributed by atoms with E-state index in [9.17, 15) is 0 Å². The summed E-state index contributed by atoms with van der Waals surface area (Å²) in [4.78, 5) is 4.76. The SMILES string of the molecule is Ic1cn(CC2CC2)c(C2C3CNCC32)n1. The van der Waals surface area contributed by atoms with Crippen molar-refractivity contribution in [3.05, 3.63) is 15.7 Å². The van der Waals surface area contributed by atoms with E-state index in [0.717, 1.165) is 23.7 Å². The molecule has 1 saturated heterocycles. The molecule has 0 amide bonds. The Morgan fingerprint density at radius 2 is 2.12 bits per heavy atom. The number of aromatic nitrogens is 2. The largest absolute Gasteiger partial charge is 0.333 e. The Bertz CT molecular complexity index is 414. The first kappa shape index (κ1) is 9.88. The first-order valence-electron chi connectivity index (χ1n) is 6.26. The van der Waals surface area contributed by atoms with Gasteiger partial charge in [-0.15, -0.1) is 0 Å². The number of nitrogens with one attached hydrogen (secondary N) is 1. The van der Waals surface area contributed by atoms with Crippen molar-refractivity contribution in [1.82, 2.24) is 14.9 Å². The molecular weight excluding hydrogens is 313 g/mol. The number of imidazole rings is 1. The first-order chi connectivity index (χ1) is 7.83. The van der Waals surface area contributed by atoms with Crippen LogP contribution in [0.5, 0.6) is 0 Å². The number of hydrogen-bond donors (Lipinski definition) is 1. The zero-order chi connectivity index (χ0) is 10.7. The van der Waals surface area contributed by atoms with E-state index in [1.165, 1.54) is 42.0 Å². The molecule has 0 bridgehead atoms. The molecule has 2 atom stereocenters. The minimum absolute atomic E-state index is 0.767. The van der Waals surface area contributed by atoms with Gasteiger partial charge in [0, 0.05) is 18.7 Å². The van der Waals surface area contributed by atoms with Gasteiger partial charge in [0.2, 0.25) is 0 Å². The third kappa shape index (κ3) is 1.53. The van der Waals surface area contributed by atoms with E-state index in [1.54, 1.807) is 0 Å². The highest BCUT2D eigenvalue weighted by Gasteiger charge is 2.55. The fourth-order valence-corrected chi connectivity index (χ4v) is 3.77. The Morgan fingerprint density at radius 1 is 1.38 bits per heavy atom. The van der Waals surface area contributed by atoms with E-state index in [1.807, 2.05) is 0 Å². The molecule has 1 aliphatic heterocycles. The zero-order valence-corrected chi connectivity index (χ0v) is 11.4. The number of nitrogens with zero attached hydrogens (tertiary/aromatic N) is 2. The van der Waals surface area contributed by atoms with Gasteiger partial charge in [-0.2, -0.15) is 0 Å². The van der Waals surface area contributed by atoms with Crippen molar-refractivity contribution in [2.24, 2.45) is 17.8 Å². The summed E-state index contributed by atoms with van der Waals surface area (Å²) in [5.41, 5.74) is 0. The van der Waals surface area contributed by atoms with E-state index >= 15 is 0 Å². The van der Waals surface area contributed by atoms with Gasteiger partial charge in [0.25, 0.3) is 0 Å². The molecule has 4 heteroatoms. The van der Waals surface area contributed by atoms with Crippen molar-refractivity contribution in [2.45, 2.75) is 25.3 Å². The number of fused-ring (bicyclic) bond motifs is 1. The second-order valence-corrected chi connectivity index (χ2v) is 6.63. The van der Waals surface area contributed by atoms with Crippen molar-refractivity contribution in [2.75, 3.05) is 13.1 Å². The van der Waals surface area contributed by atoms with Crippen LogP contribution in [0.3, 0.4) is 0 Å². The lowest BCUT2D eigenvalue weighted by molar-refractivity contribution is 0.568. The summed E-state index contributed by atoms with van der Waals surface area (Å²) in [7, 11) is 0. The van der Waals surface area contributed by atoms with Gasteiger partial charge < -0.3 is 9.88 Å². The molecule has 2 saturated carbocycles. The molecule has 86 valence electrons. The number of halogens is 1. The maximum Gasteiger partial charge on any atom is 0.119 e. The Labute approximate surface area is 109 Å². The van der Waals surface area contributed by atoms with E-state index in [-0.39, 0.29) is 0 Å². The minimum atomic E-state index is 0.767. The van der Waals surface area contributed by atoms with Crippen LogP contribution in [0.25, 0.3) is 0 Å². The second kappa shape index (κ2) is 3.45. The minimum Gasteiger partial charge on any atom is -0.333 e. The average molecular weight is 329 g/mol. The molecule has 3 aliphatic rings. The van der Waals surface area contributed by atoms with Crippen molar-refractivity contribution < 1.29 is 0 Å². The van der Waals surface area contributed by atoms with Crippen LogP contribution < -0.4 is 5.32 Å². The number of piperidine rings is 1. The average Bonchev–Trinajstić information content (AvgIpc) is 3.11. The molecule has 3 nitrogen and oxygen atoms in total. The predicted molar refractivity (Wildman–Crippen MR) is 70.3 cm³/mol. The number of rotatable bonds is 3. The van der Waals surface area contributed by atoms with Crippen LogP contribution in [0, 0.1) is 21.5 Å². The van der Waals surface area contributed by atoms with Crippen molar-refractivity contribution in [1.29, 1.82) is 0 Å². The van der Waals surface area contributed by atoms with Crippen LogP contribution in [0.2, 0.25) is 0 Å². The lowest BCUT2D eigenvalue weighted by Crippen LogP contribution is -2.16. The normalized spacial score (nSPS) is 36.4. The van der Waals surface area contributed by atoms with Gasteiger partial charge in [-0.25, -0.2) is 4.98 Å². The summed E-state index contributed by atoms with van der Waals surface area (Å²) in [6.45, 7) is 3.64. The van der Waals surface area contributed by atoms with E-state index in [0.29, 0.717) is 0 Å². The molecular formula is C12H16IN3. The first-order valence-corrected chi connectivity index (χ1v) is 7.34. The third-order valence-corrected chi connectivity index (χ3v) is 4.84. The maximum absolute atomic E-state index is 4.76. The quantitative estimate of drug-likeness (QED) is 0.858. The van der Waals surface area contributed by atoms with Crippen LogP contribution in [0.15, 0.2) is 6.20 Å². The van der Waals surface area contributed by atoms with Crippen LogP contribution in [-0.4, -0.2) is 22.6 Å². The van der Waals surface area contributed by atoms with Gasteiger partial charge >= 0.3 is 0 Å². The summed E-state index contributed by atoms with van der Waals surface area (Å²) in [5.74, 6) is 4.86. The highest BCUT2D eigenvalue weighted by atomic mass is 127. The van der Waals surface area contributed by atoms with Gasteiger partial charge in [-0.05, 0) is 66.3 Å². The van der Waals surface area contributed by atoms with Crippen LogP contribution in [-0.2, 0) is 6.54 Å². The monoisotopic (exact) mass is 329 g/mol. The lowest BCUT2D eigenvalue weighted by atomic mass is 10.2. The fourth-order valence-electron chi connectivity index (χ4n) is 3.19. The van der Waals surface area contributed by atoms with Crippen molar-refractivity contribution >= 4 is 22.6 Å². The van der Waals surface area contributed by atoms with E-state index in [4.69, 9.17) is 4.98 Å². The third-order valence-electron chi connectivity index (χ3n) is 4.32. The fraction of sp³-hybridized carbons (Fsp3) is 0.750. The molecule has 3 fully saturated rings. The summed E-state index contributed by atoms with van der Waals surface area (Å²) in [6.07, 6.45) is 5.09. The second-order valence-electron chi connectivity index (χ2n) is 5.53. The molecule has 0 aromatic carbocycles. The Morgan fingerprint density at radius 3 is 2.81 bits per heavy atom. The van der Waals surface area contributed by atoms with Gasteiger partial charge in [-0.3, -0.25) is 0 Å². The van der Waals surface area contributed by atoms with Crippen LogP contribution >= 0.6 is 22.6 Å². The van der Waals surface area contributed by atoms with Crippen molar-refractivity contribution in [3.8, 4) is 0 Å². The topological polar surface area (TPSA) is 29.9 Å². The van der Waals surface area contributed by atoms with Gasteiger partial charge in [0.1, 0.15) is 9.53 Å². The molecule has 4 rings (SSSR count). The molecule has 2 aliphatic carbocycles. The Balaban J connectivity index is 1.61. The van der Waals surface area contributed by atoms with Crippen molar-refractivity contribution in [3.63, 3.8) is 0 Å². The maximum atomic E-state index is 4.76. The highest BCUT2D eigenvalue weighted by molar-refractivity contribution is 14.1. The standard InChI is InChI=1S/C12H16IN3/c13-10-6-16(5-7-1-2-7)12(15-10)11-8-3-14-4-9(8)11/h6-9,11,14H,1-5H2. The summed E-state index contributed by atoms with van der Waals surface area (Å²) in [5, 5.41) is 3.46. The molecule has 16 heavy (non-hydrogen) atoms. The smallest absolute Gasteiger partial charge is 0.119 e. The Hall–Kier alpha value is -0.100. The summed E-state index contributed by atoms with van der Waals surface area (Å²) >= 11 is 2.35. The highest BCUT2D eigenvalue weighted by Crippen LogP contribution is 2.55. The van der Waals surface area contributed by atoms with E-state index < -0.39 is 0 Å². The Kier molecular flexibility index (Phi) is 2.13. The van der Waals surface area contributed by atoms with Gasteiger partial charge in [0.15, 0.2) is 0 Å². The van der Waals surface area contributed by atoms with Gasteiger partial charge in [-0.1, -0.05) is 0 Å². The van der Waals surface area contributed by atoms with Crippen LogP contribution in [0.4, 0.5) is 0 Å². The molecule has 1 N–H and O–H groups in total. The number of hydrogen-bond acceptors (Lipinski definition) is 2. The summed E-state index contributed by atoms with van der Waals surface area (Å²) < 4.78 is 3.62. The lowest BCUT2D eigenvalue weighted by Gasteiger charge is -2.08. The molecule has 1 aromatic rings. The zero-order valence-electron chi connectivity index (χ0n) is 9.19. The molecule has 2 heterocycles. The molecule has 2 unspecified atom stereocenters. The molecule has 0 radical (unpaired) electrons.